The molecule has 0 aliphatic heterocycles. The maximum atomic E-state index is 12.3. The van der Waals surface area contributed by atoms with Gasteiger partial charge >= 0.3 is 5.97 Å². The van der Waals surface area contributed by atoms with Crippen molar-refractivity contribution in [1.29, 1.82) is 0 Å². The summed E-state index contributed by atoms with van der Waals surface area (Å²) in [7, 11) is 0. The van der Waals surface area contributed by atoms with E-state index in [-0.39, 0.29) is 11.2 Å². The van der Waals surface area contributed by atoms with Crippen molar-refractivity contribution in [3.63, 3.8) is 0 Å². The minimum absolute atomic E-state index is 0.0131. The van der Waals surface area contributed by atoms with Crippen LogP contribution in [0.25, 0.3) is 0 Å². The normalized spacial score (nSPS) is 11.3. The summed E-state index contributed by atoms with van der Waals surface area (Å²) in [6.45, 7) is 8.16. The van der Waals surface area contributed by atoms with Crippen molar-refractivity contribution in [1.82, 2.24) is 9.97 Å². The maximum Gasteiger partial charge on any atom is 0.343 e. The molecule has 2 aromatic heterocycles. The second-order valence-corrected chi connectivity index (χ2v) is 8.50. The van der Waals surface area contributed by atoms with Gasteiger partial charge in [-0.05, 0) is 36.1 Å². The van der Waals surface area contributed by atoms with Gasteiger partial charge in [-0.3, -0.25) is 4.79 Å². The first-order valence-electron chi connectivity index (χ1n) is 9.09. The Balaban J connectivity index is 1.65. The fourth-order valence-electron chi connectivity index (χ4n) is 2.48. The Morgan fingerprint density at radius 2 is 1.90 bits per heavy atom. The smallest absolute Gasteiger partial charge is 0.343 e. The molecule has 0 radical (unpaired) electrons. The number of ether oxygens (including phenoxy) is 1. The summed E-state index contributed by atoms with van der Waals surface area (Å²) in [5.74, 6) is 0.0872. The van der Waals surface area contributed by atoms with Crippen LogP contribution in [-0.4, -0.2) is 15.9 Å². The zero-order valence-electron chi connectivity index (χ0n) is 16.8. The lowest BCUT2D eigenvalue weighted by Gasteiger charge is -2.18. The second-order valence-electron chi connectivity index (χ2n) is 7.56. The van der Waals surface area contributed by atoms with Gasteiger partial charge in [-0.1, -0.05) is 44.7 Å². The third-order valence-corrected chi connectivity index (χ3v) is 5.04. The number of hydrogen-bond acceptors (Lipinski definition) is 7. The highest BCUT2D eigenvalue weighted by molar-refractivity contribution is 7.98. The molecule has 0 N–H and O–H groups in total. The van der Waals surface area contributed by atoms with Gasteiger partial charge in [0.25, 0.3) is 0 Å². The summed E-state index contributed by atoms with van der Waals surface area (Å²) >= 11 is 1.35. The second kappa shape index (κ2) is 8.61. The van der Waals surface area contributed by atoms with Crippen molar-refractivity contribution in [2.45, 2.75) is 44.0 Å². The van der Waals surface area contributed by atoms with Gasteiger partial charge in [-0.2, -0.15) is 0 Å². The number of carbonyl (C=O) groups excluding carboxylic acids is 1. The van der Waals surface area contributed by atoms with Crippen LogP contribution in [0.1, 0.15) is 48.1 Å². The summed E-state index contributed by atoms with van der Waals surface area (Å²) in [6, 6.07) is 10.3. The molecule has 0 amide bonds. The maximum absolute atomic E-state index is 12.3. The molecule has 6 nitrogen and oxygen atoms in total. The van der Waals surface area contributed by atoms with Gasteiger partial charge in [0, 0.05) is 18.0 Å². The van der Waals surface area contributed by atoms with E-state index in [9.17, 15) is 9.59 Å². The molecule has 0 fully saturated rings. The van der Waals surface area contributed by atoms with Gasteiger partial charge < -0.3 is 9.15 Å². The zero-order chi connectivity index (χ0) is 21.0. The zero-order valence-corrected chi connectivity index (χ0v) is 17.6. The molecule has 3 rings (SSSR count). The Bertz CT molecular complexity index is 1070. The molecule has 0 aliphatic carbocycles. The molecular weight excluding hydrogens is 388 g/mol. The van der Waals surface area contributed by atoms with Crippen LogP contribution in [0.3, 0.4) is 0 Å². The monoisotopic (exact) mass is 410 g/mol. The Morgan fingerprint density at radius 1 is 1.17 bits per heavy atom. The van der Waals surface area contributed by atoms with Crippen LogP contribution in [0.2, 0.25) is 0 Å². The molecule has 150 valence electrons. The number of carbonyl (C=O) groups is 1. The molecule has 3 aromatic rings. The van der Waals surface area contributed by atoms with Gasteiger partial charge in [-0.15, -0.1) is 0 Å². The molecule has 0 spiro atoms. The van der Waals surface area contributed by atoms with Crippen molar-refractivity contribution in [3.05, 3.63) is 81.7 Å². The SMILES string of the molecule is Cc1ccnc(SCc2cc(=O)c(OC(=O)c3ccc(C(C)(C)C)cc3)co2)n1. The molecule has 0 aliphatic rings. The number of benzene rings is 1. The molecule has 0 saturated carbocycles. The highest BCUT2D eigenvalue weighted by Gasteiger charge is 2.16. The minimum atomic E-state index is -0.604. The lowest BCUT2D eigenvalue weighted by atomic mass is 9.87. The van der Waals surface area contributed by atoms with Crippen molar-refractivity contribution in [2.75, 3.05) is 0 Å². The molecule has 0 atom stereocenters. The van der Waals surface area contributed by atoms with Crippen LogP contribution in [0.4, 0.5) is 0 Å². The number of hydrogen-bond donors (Lipinski definition) is 0. The fraction of sp³-hybridized carbons (Fsp3) is 0.273. The van der Waals surface area contributed by atoms with Crippen molar-refractivity contribution < 1.29 is 13.9 Å². The van der Waals surface area contributed by atoms with E-state index < -0.39 is 11.4 Å². The molecule has 7 heteroatoms. The van der Waals surface area contributed by atoms with E-state index in [0.717, 1.165) is 17.5 Å². The Kier molecular flexibility index (Phi) is 6.17. The summed E-state index contributed by atoms with van der Waals surface area (Å²) in [4.78, 5) is 33.0. The third kappa shape index (κ3) is 5.54. The van der Waals surface area contributed by atoms with Crippen LogP contribution in [0.5, 0.6) is 5.75 Å². The van der Waals surface area contributed by atoms with E-state index in [0.29, 0.717) is 22.2 Å². The molecule has 0 unspecified atom stereocenters. The number of nitrogens with zero attached hydrogens (tertiary/aromatic N) is 2. The molecule has 2 heterocycles. The summed E-state index contributed by atoms with van der Waals surface area (Å²) in [6.07, 6.45) is 2.84. The number of esters is 1. The van der Waals surface area contributed by atoms with Crippen molar-refractivity contribution in [3.8, 4) is 5.75 Å². The highest BCUT2D eigenvalue weighted by atomic mass is 32.2. The number of rotatable bonds is 5. The molecule has 0 bridgehead atoms. The van der Waals surface area contributed by atoms with Gasteiger partial charge in [0.15, 0.2) is 5.16 Å². The lowest BCUT2D eigenvalue weighted by molar-refractivity contribution is 0.0728. The fourth-order valence-corrected chi connectivity index (χ4v) is 3.25. The summed E-state index contributed by atoms with van der Waals surface area (Å²) in [5.41, 5.74) is 1.90. The van der Waals surface area contributed by atoms with Gasteiger partial charge in [0.2, 0.25) is 11.2 Å². The van der Waals surface area contributed by atoms with Crippen LogP contribution < -0.4 is 10.2 Å². The lowest BCUT2D eigenvalue weighted by Crippen LogP contribution is -2.16. The van der Waals surface area contributed by atoms with Crippen molar-refractivity contribution >= 4 is 17.7 Å². The average molecular weight is 410 g/mol. The quantitative estimate of drug-likeness (QED) is 0.347. The third-order valence-electron chi connectivity index (χ3n) is 4.16. The van der Waals surface area contributed by atoms with E-state index in [1.54, 1.807) is 18.3 Å². The van der Waals surface area contributed by atoms with E-state index in [1.165, 1.54) is 17.8 Å². The van der Waals surface area contributed by atoms with E-state index >= 15 is 0 Å². The van der Waals surface area contributed by atoms with Gasteiger partial charge in [-0.25, -0.2) is 14.8 Å². The predicted molar refractivity (Wildman–Crippen MR) is 111 cm³/mol. The Hall–Kier alpha value is -2.93. The van der Waals surface area contributed by atoms with Crippen LogP contribution in [0, 0.1) is 6.92 Å². The molecule has 1 aromatic carbocycles. The standard InChI is InChI=1S/C22H22N2O4S/c1-14-9-10-23-21(24-14)29-13-17-11-18(25)19(12-27-17)28-20(26)15-5-7-16(8-6-15)22(2,3)4/h5-12H,13H2,1-4H3. The Labute approximate surface area is 173 Å². The molecule has 0 saturated heterocycles. The van der Waals surface area contributed by atoms with Gasteiger partial charge in [0.1, 0.15) is 12.0 Å². The van der Waals surface area contributed by atoms with E-state index in [4.69, 9.17) is 9.15 Å². The topological polar surface area (TPSA) is 82.3 Å². The summed E-state index contributed by atoms with van der Waals surface area (Å²) < 4.78 is 10.7. The number of aryl methyl sites for hydroxylation is 1. The Morgan fingerprint density at radius 3 is 2.52 bits per heavy atom. The first-order valence-corrected chi connectivity index (χ1v) is 10.1. The van der Waals surface area contributed by atoms with E-state index in [2.05, 4.69) is 30.7 Å². The van der Waals surface area contributed by atoms with Crippen LogP contribution >= 0.6 is 11.8 Å². The van der Waals surface area contributed by atoms with Crippen molar-refractivity contribution in [2.24, 2.45) is 0 Å². The van der Waals surface area contributed by atoms with Crippen LogP contribution in [-0.2, 0) is 11.2 Å². The van der Waals surface area contributed by atoms with Crippen LogP contribution in [0.15, 0.2) is 63.2 Å². The molecular formula is C22H22N2O4S. The summed E-state index contributed by atoms with van der Waals surface area (Å²) in [5, 5.41) is 0.599. The largest absolute Gasteiger partial charge is 0.464 e. The average Bonchev–Trinajstić information content (AvgIpc) is 2.68. The van der Waals surface area contributed by atoms with Gasteiger partial charge in [0.05, 0.1) is 11.3 Å². The first-order chi connectivity index (χ1) is 13.7. The first kappa shape index (κ1) is 20.8. The number of thioether (sulfide) groups is 1. The highest BCUT2D eigenvalue weighted by Crippen LogP contribution is 2.23. The van der Waals surface area contributed by atoms with E-state index in [1.807, 2.05) is 25.1 Å². The number of aromatic nitrogens is 2. The predicted octanol–water partition coefficient (Wildman–Crippen LogP) is 4.55. The molecule has 29 heavy (non-hydrogen) atoms. The minimum Gasteiger partial charge on any atom is -0.464 e.